The van der Waals surface area contributed by atoms with Gasteiger partial charge in [0.15, 0.2) is 0 Å². The molecule has 0 bridgehead atoms. The fourth-order valence-electron chi connectivity index (χ4n) is 3.46. The van der Waals surface area contributed by atoms with Crippen LogP contribution in [0.2, 0.25) is 0 Å². The van der Waals surface area contributed by atoms with Gasteiger partial charge in [-0.15, -0.1) is 0 Å². The number of carbonyl (C=O) groups excluding carboxylic acids is 1. The zero-order valence-electron chi connectivity index (χ0n) is 11.6. The molecule has 2 fully saturated rings. The van der Waals surface area contributed by atoms with E-state index in [0.717, 1.165) is 38.8 Å². The fourth-order valence-corrected chi connectivity index (χ4v) is 3.46. The van der Waals surface area contributed by atoms with Crippen molar-refractivity contribution >= 4 is 5.91 Å². The van der Waals surface area contributed by atoms with Gasteiger partial charge in [0.05, 0.1) is 5.56 Å². The van der Waals surface area contributed by atoms with E-state index in [1.54, 1.807) is 18.2 Å². The number of piperidine rings is 1. The Morgan fingerprint density at radius 1 is 1.20 bits per heavy atom. The second-order valence-corrected chi connectivity index (χ2v) is 5.74. The monoisotopic (exact) mass is 276 g/mol. The second-order valence-electron chi connectivity index (χ2n) is 5.74. The van der Waals surface area contributed by atoms with Crippen LogP contribution >= 0.6 is 0 Å². The third-order valence-electron chi connectivity index (χ3n) is 4.48. The van der Waals surface area contributed by atoms with Crippen LogP contribution in [0.1, 0.15) is 42.5 Å². The number of nitrogens with one attached hydrogen (secondary N) is 1. The van der Waals surface area contributed by atoms with Crippen molar-refractivity contribution in [2.45, 2.75) is 44.2 Å². The van der Waals surface area contributed by atoms with E-state index in [-0.39, 0.29) is 17.5 Å². The molecule has 3 rings (SSSR count). The smallest absolute Gasteiger partial charge is 0.257 e. The molecule has 3 nitrogen and oxygen atoms in total. The van der Waals surface area contributed by atoms with Crippen LogP contribution in [0.5, 0.6) is 0 Å². The number of amides is 1. The minimum atomic E-state index is -0.416. The molecule has 2 atom stereocenters. The van der Waals surface area contributed by atoms with Gasteiger partial charge in [0.25, 0.3) is 5.91 Å². The number of nitrogens with zero attached hydrogens (tertiary/aromatic N) is 1. The van der Waals surface area contributed by atoms with E-state index in [2.05, 4.69) is 5.32 Å². The molecule has 0 saturated carbocycles. The number of rotatable bonds is 2. The highest BCUT2D eigenvalue weighted by molar-refractivity contribution is 5.94. The lowest BCUT2D eigenvalue weighted by molar-refractivity contribution is 0.0559. The highest BCUT2D eigenvalue weighted by atomic mass is 19.1. The fraction of sp³-hybridized carbons (Fsp3) is 0.562. The number of halogens is 1. The van der Waals surface area contributed by atoms with Crippen molar-refractivity contribution in [3.63, 3.8) is 0 Å². The third-order valence-corrected chi connectivity index (χ3v) is 4.48. The zero-order chi connectivity index (χ0) is 13.9. The van der Waals surface area contributed by atoms with E-state index in [0.29, 0.717) is 6.04 Å². The predicted molar refractivity (Wildman–Crippen MR) is 76.1 cm³/mol. The summed E-state index contributed by atoms with van der Waals surface area (Å²) in [5.74, 6) is -0.567. The summed E-state index contributed by atoms with van der Waals surface area (Å²) in [6.07, 6.45) is 5.49. The van der Waals surface area contributed by atoms with Crippen LogP contribution in [-0.4, -0.2) is 36.0 Å². The standard InChI is InChI=1S/C16H21FN2O/c17-13-7-2-1-6-12(13)16(20)19-11-4-3-9-15(19)14-8-5-10-18-14/h1-2,6-7,14-15,18H,3-5,8-11H2. The van der Waals surface area contributed by atoms with E-state index in [1.807, 2.05) is 4.90 Å². The molecular formula is C16H21FN2O. The van der Waals surface area contributed by atoms with E-state index in [4.69, 9.17) is 0 Å². The van der Waals surface area contributed by atoms with E-state index in [1.165, 1.54) is 12.5 Å². The molecule has 1 amide bonds. The summed E-state index contributed by atoms with van der Waals surface area (Å²) in [7, 11) is 0. The van der Waals surface area contributed by atoms with Crippen molar-refractivity contribution in [2.75, 3.05) is 13.1 Å². The number of likely N-dealkylation sites (tertiary alicyclic amines) is 1. The van der Waals surface area contributed by atoms with Crippen LogP contribution in [-0.2, 0) is 0 Å². The molecule has 2 heterocycles. The van der Waals surface area contributed by atoms with Crippen molar-refractivity contribution in [3.05, 3.63) is 35.6 Å². The first-order valence-corrected chi connectivity index (χ1v) is 7.56. The van der Waals surface area contributed by atoms with Gasteiger partial charge in [0.1, 0.15) is 5.82 Å². The molecule has 2 saturated heterocycles. The molecule has 20 heavy (non-hydrogen) atoms. The van der Waals surface area contributed by atoms with Gasteiger partial charge in [0.2, 0.25) is 0 Å². The molecule has 0 spiro atoms. The van der Waals surface area contributed by atoms with Gasteiger partial charge in [-0.3, -0.25) is 4.79 Å². The summed E-state index contributed by atoms with van der Waals surface area (Å²) in [4.78, 5) is 14.5. The van der Waals surface area contributed by atoms with Crippen molar-refractivity contribution in [3.8, 4) is 0 Å². The normalized spacial score (nSPS) is 26.8. The van der Waals surface area contributed by atoms with Crippen molar-refractivity contribution in [1.82, 2.24) is 10.2 Å². The maximum atomic E-state index is 13.8. The Hall–Kier alpha value is -1.42. The minimum absolute atomic E-state index is 0.151. The van der Waals surface area contributed by atoms with Gasteiger partial charge in [-0.25, -0.2) is 4.39 Å². The van der Waals surface area contributed by atoms with Crippen LogP contribution < -0.4 is 5.32 Å². The molecule has 4 heteroatoms. The molecular weight excluding hydrogens is 255 g/mol. The molecule has 0 aromatic heterocycles. The van der Waals surface area contributed by atoms with Gasteiger partial charge in [-0.05, 0) is 50.8 Å². The SMILES string of the molecule is O=C(c1ccccc1F)N1CCCCC1C1CCCN1. The molecule has 1 N–H and O–H groups in total. The molecule has 0 radical (unpaired) electrons. The lowest BCUT2D eigenvalue weighted by Crippen LogP contribution is -2.52. The Balaban J connectivity index is 1.82. The summed E-state index contributed by atoms with van der Waals surface area (Å²) in [5.41, 5.74) is 0.206. The van der Waals surface area contributed by atoms with E-state index < -0.39 is 5.82 Å². The van der Waals surface area contributed by atoms with E-state index >= 15 is 0 Å². The number of hydrogen-bond donors (Lipinski definition) is 1. The number of benzene rings is 1. The summed E-state index contributed by atoms with van der Waals surface area (Å²) in [6.45, 7) is 1.78. The zero-order valence-corrected chi connectivity index (χ0v) is 11.6. The highest BCUT2D eigenvalue weighted by Gasteiger charge is 2.35. The van der Waals surface area contributed by atoms with Crippen LogP contribution in [0, 0.1) is 5.82 Å². The molecule has 2 aliphatic rings. The molecule has 1 aromatic carbocycles. The van der Waals surface area contributed by atoms with Crippen LogP contribution in [0.3, 0.4) is 0 Å². The van der Waals surface area contributed by atoms with Gasteiger partial charge in [0, 0.05) is 18.6 Å². The predicted octanol–water partition coefficient (Wildman–Crippen LogP) is 2.57. The van der Waals surface area contributed by atoms with Crippen molar-refractivity contribution < 1.29 is 9.18 Å². The van der Waals surface area contributed by atoms with E-state index in [9.17, 15) is 9.18 Å². The molecule has 0 aliphatic carbocycles. The summed E-state index contributed by atoms with van der Waals surface area (Å²) < 4.78 is 13.8. The molecule has 1 aromatic rings. The first-order chi connectivity index (χ1) is 9.77. The van der Waals surface area contributed by atoms with Crippen LogP contribution in [0.4, 0.5) is 4.39 Å². The van der Waals surface area contributed by atoms with Crippen LogP contribution in [0.25, 0.3) is 0 Å². The van der Waals surface area contributed by atoms with Crippen LogP contribution in [0.15, 0.2) is 24.3 Å². The first-order valence-electron chi connectivity index (χ1n) is 7.56. The van der Waals surface area contributed by atoms with Gasteiger partial charge in [-0.2, -0.15) is 0 Å². The third kappa shape index (κ3) is 2.57. The number of hydrogen-bond acceptors (Lipinski definition) is 2. The van der Waals surface area contributed by atoms with Gasteiger partial charge < -0.3 is 10.2 Å². The Bertz CT molecular complexity index is 485. The largest absolute Gasteiger partial charge is 0.334 e. The molecule has 2 aliphatic heterocycles. The maximum absolute atomic E-state index is 13.8. The molecule has 108 valence electrons. The Kier molecular flexibility index (Phi) is 4.01. The Morgan fingerprint density at radius 2 is 2.05 bits per heavy atom. The average Bonchev–Trinajstić information content (AvgIpc) is 3.01. The first kappa shape index (κ1) is 13.6. The Labute approximate surface area is 119 Å². The maximum Gasteiger partial charge on any atom is 0.257 e. The summed E-state index contributed by atoms with van der Waals surface area (Å²) >= 11 is 0. The summed E-state index contributed by atoms with van der Waals surface area (Å²) in [6, 6.07) is 6.90. The average molecular weight is 276 g/mol. The van der Waals surface area contributed by atoms with Crippen molar-refractivity contribution in [1.29, 1.82) is 0 Å². The van der Waals surface area contributed by atoms with Gasteiger partial charge >= 0.3 is 0 Å². The molecule has 2 unspecified atom stereocenters. The summed E-state index contributed by atoms with van der Waals surface area (Å²) in [5, 5.41) is 3.49. The Morgan fingerprint density at radius 3 is 2.80 bits per heavy atom. The number of carbonyl (C=O) groups is 1. The quantitative estimate of drug-likeness (QED) is 0.900. The highest BCUT2D eigenvalue weighted by Crippen LogP contribution is 2.26. The second kappa shape index (κ2) is 5.92. The minimum Gasteiger partial charge on any atom is -0.334 e. The van der Waals surface area contributed by atoms with Gasteiger partial charge in [-0.1, -0.05) is 12.1 Å². The van der Waals surface area contributed by atoms with Crippen molar-refractivity contribution in [2.24, 2.45) is 0 Å². The lowest BCUT2D eigenvalue weighted by atomic mass is 9.93. The topological polar surface area (TPSA) is 32.3 Å². The lowest BCUT2D eigenvalue weighted by Gasteiger charge is -2.39.